The molecule has 0 aliphatic carbocycles. The minimum Gasteiger partial charge on any atom is -0.449 e. The van der Waals surface area contributed by atoms with Crippen LogP contribution in [0.1, 0.15) is 5.56 Å². The van der Waals surface area contributed by atoms with E-state index in [1.165, 1.54) is 12.1 Å². The predicted molar refractivity (Wildman–Crippen MR) is 46.9 cm³/mol. The molecule has 1 aromatic carbocycles. The van der Waals surface area contributed by atoms with Crippen LogP contribution in [0.3, 0.4) is 0 Å². The van der Waals surface area contributed by atoms with Crippen LogP contribution in [-0.4, -0.2) is 6.98 Å². The standard InChI is InChI=1S/C7H5BBrF4/c9-6-3-1-2-5(7(6)10)4-8(11,12)13/h1-3H,4H2/q-1. The molecule has 0 fully saturated rings. The summed E-state index contributed by atoms with van der Waals surface area (Å²) in [7, 11) is 0. The Morgan fingerprint density at radius 3 is 2.38 bits per heavy atom. The normalized spacial score (nSPS) is 11.8. The zero-order valence-electron chi connectivity index (χ0n) is 6.41. The highest BCUT2D eigenvalue weighted by atomic mass is 79.9. The third-order valence-corrected chi connectivity index (χ3v) is 2.10. The van der Waals surface area contributed by atoms with Gasteiger partial charge >= 0.3 is 6.98 Å². The summed E-state index contributed by atoms with van der Waals surface area (Å²) in [5, 5.41) is 0. The van der Waals surface area contributed by atoms with E-state index in [0.717, 1.165) is 6.07 Å². The second-order valence-electron chi connectivity index (χ2n) is 2.63. The van der Waals surface area contributed by atoms with Crippen molar-refractivity contribution in [1.29, 1.82) is 0 Å². The molecule has 13 heavy (non-hydrogen) atoms. The Labute approximate surface area is 81.1 Å². The first kappa shape index (κ1) is 10.6. The maximum absolute atomic E-state index is 13.0. The van der Waals surface area contributed by atoms with Gasteiger partial charge in [-0.2, -0.15) is 0 Å². The van der Waals surface area contributed by atoms with Crippen LogP contribution >= 0.6 is 15.9 Å². The first-order valence-electron chi connectivity index (χ1n) is 3.54. The van der Waals surface area contributed by atoms with Gasteiger partial charge in [0.2, 0.25) is 0 Å². The first-order valence-corrected chi connectivity index (χ1v) is 4.33. The van der Waals surface area contributed by atoms with Crippen LogP contribution in [0.15, 0.2) is 22.7 Å². The van der Waals surface area contributed by atoms with E-state index in [1.54, 1.807) is 0 Å². The summed E-state index contributed by atoms with van der Waals surface area (Å²) in [5.74, 6) is -0.832. The van der Waals surface area contributed by atoms with E-state index >= 15 is 0 Å². The van der Waals surface area contributed by atoms with E-state index in [4.69, 9.17) is 0 Å². The van der Waals surface area contributed by atoms with Crippen molar-refractivity contribution in [3.8, 4) is 0 Å². The lowest BCUT2D eigenvalue weighted by atomic mass is 9.82. The van der Waals surface area contributed by atoms with Gasteiger partial charge in [0.15, 0.2) is 0 Å². The van der Waals surface area contributed by atoms with Crippen LogP contribution in [0.5, 0.6) is 0 Å². The summed E-state index contributed by atoms with van der Waals surface area (Å²) in [6.45, 7) is -4.98. The number of rotatable bonds is 2. The summed E-state index contributed by atoms with van der Waals surface area (Å²) < 4.78 is 48.9. The van der Waals surface area contributed by atoms with Gasteiger partial charge in [-0.15, -0.1) is 0 Å². The first-order chi connectivity index (χ1) is 5.90. The van der Waals surface area contributed by atoms with E-state index in [9.17, 15) is 17.3 Å². The highest BCUT2D eigenvalue weighted by Crippen LogP contribution is 2.23. The van der Waals surface area contributed by atoms with Crippen molar-refractivity contribution in [2.24, 2.45) is 0 Å². The summed E-state index contributed by atoms with van der Waals surface area (Å²) in [6.07, 6.45) is -1.18. The number of hydrogen-bond acceptors (Lipinski definition) is 0. The predicted octanol–water partition coefficient (Wildman–Crippen LogP) is 3.52. The molecule has 0 saturated heterocycles. The van der Waals surface area contributed by atoms with Crippen LogP contribution in [-0.2, 0) is 6.32 Å². The number of halogens is 5. The zero-order valence-corrected chi connectivity index (χ0v) is 7.99. The fourth-order valence-corrected chi connectivity index (χ4v) is 1.36. The van der Waals surface area contributed by atoms with Gasteiger partial charge in [0.25, 0.3) is 0 Å². The molecule has 0 heterocycles. The molecule has 0 saturated carbocycles. The lowest BCUT2D eigenvalue weighted by molar-refractivity contribution is 0.464. The molecule has 6 heteroatoms. The number of hydrogen-bond donors (Lipinski definition) is 0. The molecule has 0 radical (unpaired) electrons. The van der Waals surface area contributed by atoms with Gasteiger partial charge in [-0.1, -0.05) is 18.5 Å². The average molecular weight is 256 g/mol. The maximum Gasteiger partial charge on any atom is 0.482 e. The third-order valence-electron chi connectivity index (χ3n) is 1.48. The molecule has 1 rings (SSSR count). The molecule has 0 bridgehead atoms. The molecule has 0 aromatic heterocycles. The maximum atomic E-state index is 13.0. The van der Waals surface area contributed by atoms with Gasteiger partial charge in [-0.25, -0.2) is 4.39 Å². The molecule has 0 aliphatic rings. The number of benzene rings is 1. The highest BCUT2D eigenvalue weighted by Gasteiger charge is 2.25. The summed E-state index contributed by atoms with van der Waals surface area (Å²) in [5.41, 5.74) is -0.318. The molecule has 0 N–H and O–H groups in total. The Morgan fingerprint density at radius 1 is 1.23 bits per heavy atom. The van der Waals surface area contributed by atoms with Crippen LogP contribution in [0, 0.1) is 5.82 Å². The quantitative estimate of drug-likeness (QED) is 0.560. The van der Waals surface area contributed by atoms with E-state index < -0.39 is 19.1 Å². The Kier molecular flexibility index (Phi) is 3.00. The van der Waals surface area contributed by atoms with Crippen molar-refractivity contribution in [3.63, 3.8) is 0 Å². The molecule has 1 aromatic rings. The monoisotopic (exact) mass is 255 g/mol. The zero-order chi connectivity index (χ0) is 10.1. The smallest absolute Gasteiger partial charge is 0.449 e. The summed E-state index contributed by atoms with van der Waals surface area (Å²) >= 11 is 2.82. The van der Waals surface area contributed by atoms with E-state index in [2.05, 4.69) is 15.9 Å². The molecular weight excluding hydrogens is 251 g/mol. The van der Waals surface area contributed by atoms with Crippen LogP contribution < -0.4 is 0 Å². The van der Waals surface area contributed by atoms with Crippen molar-refractivity contribution < 1.29 is 17.3 Å². The van der Waals surface area contributed by atoms with E-state index in [1.807, 2.05) is 0 Å². The fraction of sp³-hybridized carbons (Fsp3) is 0.143. The Morgan fingerprint density at radius 2 is 1.85 bits per heavy atom. The Hall–Kier alpha value is -0.515. The minimum atomic E-state index is -4.98. The van der Waals surface area contributed by atoms with Gasteiger partial charge in [0.05, 0.1) is 4.47 Å². The molecule has 0 atom stereocenters. The van der Waals surface area contributed by atoms with E-state index in [-0.39, 0.29) is 10.0 Å². The van der Waals surface area contributed by atoms with Gasteiger partial charge in [0, 0.05) is 0 Å². The topological polar surface area (TPSA) is 0 Å². The molecule has 0 nitrogen and oxygen atoms in total. The summed E-state index contributed by atoms with van der Waals surface area (Å²) in [6, 6.07) is 3.88. The van der Waals surface area contributed by atoms with Crippen molar-refractivity contribution in [2.45, 2.75) is 6.32 Å². The summed E-state index contributed by atoms with van der Waals surface area (Å²) in [4.78, 5) is 0. The van der Waals surface area contributed by atoms with Crippen molar-refractivity contribution in [2.75, 3.05) is 0 Å². The second kappa shape index (κ2) is 3.70. The lowest BCUT2D eigenvalue weighted by Crippen LogP contribution is -2.20. The largest absolute Gasteiger partial charge is 0.482 e. The lowest BCUT2D eigenvalue weighted by Gasteiger charge is -2.14. The molecule has 72 valence electrons. The Balaban J connectivity index is 2.96. The third kappa shape index (κ3) is 3.02. The average Bonchev–Trinajstić information content (AvgIpc) is 1.96. The Bertz CT molecular complexity index is 310. The molecule has 0 spiro atoms. The van der Waals surface area contributed by atoms with Crippen LogP contribution in [0.25, 0.3) is 0 Å². The molecular formula is C7H5BBrF4-. The molecule has 0 unspecified atom stereocenters. The van der Waals surface area contributed by atoms with Crippen molar-refractivity contribution in [1.82, 2.24) is 0 Å². The van der Waals surface area contributed by atoms with Gasteiger partial charge < -0.3 is 12.9 Å². The van der Waals surface area contributed by atoms with Crippen LogP contribution in [0.4, 0.5) is 17.3 Å². The molecule has 0 amide bonds. The van der Waals surface area contributed by atoms with Gasteiger partial charge in [-0.3, -0.25) is 0 Å². The SMILES string of the molecule is Fc1c(Br)cccc1C[B-](F)(F)F. The van der Waals surface area contributed by atoms with Gasteiger partial charge in [-0.05, 0) is 27.6 Å². The van der Waals surface area contributed by atoms with Gasteiger partial charge in [0.1, 0.15) is 5.82 Å². The van der Waals surface area contributed by atoms with Crippen LogP contribution in [0.2, 0.25) is 0 Å². The fourth-order valence-electron chi connectivity index (χ4n) is 0.955. The van der Waals surface area contributed by atoms with Crippen molar-refractivity contribution >= 4 is 22.9 Å². The molecule has 0 aliphatic heterocycles. The van der Waals surface area contributed by atoms with Crippen molar-refractivity contribution in [3.05, 3.63) is 34.1 Å². The minimum absolute atomic E-state index is 0.0602. The van der Waals surface area contributed by atoms with E-state index in [0.29, 0.717) is 0 Å². The second-order valence-corrected chi connectivity index (χ2v) is 3.48. The highest BCUT2D eigenvalue weighted by molar-refractivity contribution is 9.10.